The summed E-state index contributed by atoms with van der Waals surface area (Å²) in [5.41, 5.74) is 7.61. The molecule has 3 aromatic rings. The number of nitriles is 1. The zero-order valence-corrected chi connectivity index (χ0v) is 15.1. The fourth-order valence-electron chi connectivity index (χ4n) is 3.56. The Morgan fingerprint density at radius 3 is 2.61 bits per heavy atom. The molecule has 0 aliphatic carbocycles. The van der Waals surface area contributed by atoms with Crippen molar-refractivity contribution in [1.29, 1.82) is 5.26 Å². The fraction of sp³-hybridized carbons (Fsp3) is 0.143. The minimum atomic E-state index is -0.643. The first-order valence-electron chi connectivity index (χ1n) is 8.46. The SMILES string of the molecule is COc1ccc([C@H]2C(C#N)=C(N)Oc3c2c(O)cc2oc(=O)cc(C)c32)cc1. The number of nitrogens with zero attached hydrogens (tertiary/aromatic N) is 1. The lowest BCUT2D eigenvalue weighted by molar-refractivity contribution is 0.385. The average molecular weight is 376 g/mol. The topological polar surface area (TPSA) is 119 Å². The lowest BCUT2D eigenvalue weighted by Gasteiger charge is -2.28. The maximum Gasteiger partial charge on any atom is 0.336 e. The van der Waals surface area contributed by atoms with Gasteiger partial charge in [0.05, 0.1) is 24.0 Å². The molecule has 3 N–H and O–H groups in total. The number of phenolic OH excluding ortho intramolecular Hbond substituents is 1. The number of aryl methyl sites for hydroxylation is 1. The van der Waals surface area contributed by atoms with Crippen LogP contribution in [-0.4, -0.2) is 12.2 Å². The zero-order chi connectivity index (χ0) is 20.0. The van der Waals surface area contributed by atoms with Crippen molar-refractivity contribution in [2.45, 2.75) is 12.8 Å². The van der Waals surface area contributed by atoms with Crippen LogP contribution in [0, 0.1) is 18.3 Å². The van der Waals surface area contributed by atoms with Crippen molar-refractivity contribution >= 4 is 11.0 Å². The van der Waals surface area contributed by atoms with Gasteiger partial charge in [-0.1, -0.05) is 12.1 Å². The van der Waals surface area contributed by atoms with E-state index < -0.39 is 11.5 Å². The number of hydrogen-bond acceptors (Lipinski definition) is 7. The molecule has 2 heterocycles. The van der Waals surface area contributed by atoms with Gasteiger partial charge in [0.15, 0.2) is 0 Å². The summed E-state index contributed by atoms with van der Waals surface area (Å²) in [6, 6.07) is 11.9. The van der Waals surface area contributed by atoms with E-state index in [1.807, 2.05) is 0 Å². The van der Waals surface area contributed by atoms with Gasteiger partial charge in [-0.05, 0) is 30.2 Å². The first-order valence-corrected chi connectivity index (χ1v) is 8.46. The van der Waals surface area contributed by atoms with Gasteiger partial charge in [0.1, 0.15) is 34.5 Å². The molecule has 0 amide bonds. The lowest BCUT2D eigenvalue weighted by Crippen LogP contribution is -2.21. The van der Waals surface area contributed by atoms with E-state index in [0.29, 0.717) is 22.3 Å². The summed E-state index contributed by atoms with van der Waals surface area (Å²) in [6.07, 6.45) is 0. The van der Waals surface area contributed by atoms with E-state index in [0.717, 1.165) is 5.56 Å². The van der Waals surface area contributed by atoms with Crippen LogP contribution in [0.1, 0.15) is 22.6 Å². The van der Waals surface area contributed by atoms with Gasteiger partial charge in [-0.2, -0.15) is 5.26 Å². The summed E-state index contributed by atoms with van der Waals surface area (Å²) in [5.74, 6) is 0.0708. The third-order valence-corrected chi connectivity index (χ3v) is 4.83. The Bertz CT molecular complexity index is 1230. The normalized spacial score (nSPS) is 15.7. The predicted molar refractivity (Wildman–Crippen MR) is 101 cm³/mol. The molecule has 2 aromatic carbocycles. The van der Waals surface area contributed by atoms with Crippen LogP contribution in [0.5, 0.6) is 17.2 Å². The maximum absolute atomic E-state index is 11.7. The smallest absolute Gasteiger partial charge is 0.336 e. The van der Waals surface area contributed by atoms with Crippen LogP contribution in [0.2, 0.25) is 0 Å². The molecule has 0 radical (unpaired) electrons. The molecule has 7 heteroatoms. The van der Waals surface area contributed by atoms with Gasteiger partial charge >= 0.3 is 5.63 Å². The molecule has 7 nitrogen and oxygen atoms in total. The number of aromatic hydroxyl groups is 1. The average Bonchev–Trinajstić information content (AvgIpc) is 2.66. The van der Waals surface area contributed by atoms with Crippen LogP contribution in [-0.2, 0) is 0 Å². The third-order valence-electron chi connectivity index (χ3n) is 4.83. The number of benzene rings is 2. The maximum atomic E-state index is 11.7. The molecule has 1 aliphatic heterocycles. The monoisotopic (exact) mass is 376 g/mol. The van der Waals surface area contributed by atoms with Crippen LogP contribution in [0.25, 0.3) is 11.0 Å². The molecule has 0 bridgehead atoms. The number of allylic oxidation sites excluding steroid dienone is 1. The highest BCUT2D eigenvalue weighted by atomic mass is 16.5. The Balaban J connectivity index is 2.06. The number of nitrogens with two attached hydrogens (primary N) is 1. The molecule has 0 unspecified atom stereocenters. The zero-order valence-electron chi connectivity index (χ0n) is 15.1. The van der Waals surface area contributed by atoms with Gasteiger partial charge in [-0.25, -0.2) is 4.79 Å². The summed E-state index contributed by atoms with van der Waals surface area (Å²) in [5, 5.41) is 20.9. The van der Waals surface area contributed by atoms with Crippen LogP contribution in [0.4, 0.5) is 0 Å². The van der Waals surface area contributed by atoms with Gasteiger partial charge in [0, 0.05) is 12.1 Å². The van der Waals surface area contributed by atoms with Crippen LogP contribution in [0.3, 0.4) is 0 Å². The molecule has 1 aromatic heterocycles. The number of phenols is 1. The second-order valence-electron chi connectivity index (χ2n) is 6.46. The van der Waals surface area contributed by atoms with Gasteiger partial charge in [-0.15, -0.1) is 0 Å². The second-order valence-corrected chi connectivity index (χ2v) is 6.46. The summed E-state index contributed by atoms with van der Waals surface area (Å²) < 4.78 is 16.1. The number of fused-ring (bicyclic) bond motifs is 3. The van der Waals surface area contributed by atoms with Gasteiger partial charge in [0.25, 0.3) is 0 Å². The van der Waals surface area contributed by atoms with E-state index in [4.69, 9.17) is 19.6 Å². The number of methoxy groups -OCH3 is 1. The first-order chi connectivity index (χ1) is 13.4. The Morgan fingerprint density at radius 2 is 1.96 bits per heavy atom. The summed E-state index contributed by atoms with van der Waals surface area (Å²) in [6.45, 7) is 1.74. The van der Waals surface area contributed by atoms with Gasteiger partial charge in [-0.3, -0.25) is 0 Å². The minimum absolute atomic E-state index is 0.0617. The molecule has 0 fully saturated rings. The van der Waals surface area contributed by atoms with Crippen molar-refractivity contribution in [3.05, 3.63) is 75.0 Å². The van der Waals surface area contributed by atoms with Crippen molar-refractivity contribution in [3.63, 3.8) is 0 Å². The third kappa shape index (κ3) is 2.55. The molecular weight excluding hydrogens is 360 g/mol. The molecule has 1 atom stereocenters. The van der Waals surface area contributed by atoms with Crippen LogP contribution >= 0.6 is 0 Å². The molecule has 0 saturated heterocycles. The summed E-state index contributed by atoms with van der Waals surface area (Å²) in [4.78, 5) is 11.7. The van der Waals surface area contributed by atoms with Crippen molar-refractivity contribution in [2.75, 3.05) is 7.11 Å². The Kier molecular flexibility index (Phi) is 3.97. The summed E-state index contributed by atoms with van der Waals surface area (Å²) in [7, 11) is 1.56. The standard InChI is InChI=1S/C21H16N2O5/c1-10-7-16(25)27-15-8-14(24)19-18(11-3-5-12(26-2)6-4-11)13(9-22)21(23)28-20(19)17(10)15/h3-8,18,24H,23H2,1-2H3/t18-/m0/s1. The molecule has 4 rings (SSSR count). The second kappa shape index (κ2) is 6.35. The lowest BCUT2D eigenvalue weighted by atomic mass is 9.82. The van der Waals surface area contributed by atoms with E-state index in [1.165, 1.54) is 12.1 Å². The largest absolute Gasteiger partial charge is 0.507 e. The highest BCUT2D eigenvalue weighted by Crippen LogP contribution is 2.50. The molecule has 1 aliphatic rings. The molecular formula is C21H16N2O5. The molecule has 0 spiro atoms. The van der Waals surface area contributed by atoms with E-state index in [2.05, 4.69) is 6.07 Å². The Labute approximate surface area is 159 Å². The van der Waals surface area contributed by atoms with Crippen molar-refractivity contribution in [3.8, 4) is 23.3 Å². The quantitative estimate of drug-likeness (QED) is 0.660. The van der Waals surface area contributed by atoms with E-state index in [-0.39, 0.29) is 28.5 Å². The van der Waals surface area contributed by atoms with Crippen LogP contribution < -0.4 is 20.8 Å². The van der Waals surface area contributed by atoms with Crippen molar-refractivity contribution in [1.82, 2.24) is 0 Å². The molecule has 0 saturated carbocycles. The Morgan fingerprint density at radius 1 is 1.25 bits per heavy atom. The van der Waals surface area contributed by atoms with E-state index in [1.54, 1.807) is 38.3 Å². The predicted octanol–water partition coefficient (Wildman–Crippen LogP) is 3.03. The minimum Gasteiger partial charge on any atom is -0.507 e. The van der Waals surface area contributed by atoms with Crippen molar-refractivity contribution < 1.29 is 19.0 Å². The van der Waals surface area contributed by atoms with Crippen molar-refractivity contribution in [2.24, 2.45) is 5.73 Å². The van der Waals surface area contributed by atoms with E-state index in [9.17, 15) is 15.2 Å². The van der Waals surface area contributed by atoms with E-state index >= 15 is 0 Å². The Hall–Kier alpha value is -3.92. The van der Waals surface area contributed by atoms with Gasteiger partial charge in [0.2, 0.25) is 5.88 Å². The highest BCUT2D eigenvalue weighted by Gasteiger charge is 2.35. The molecule has 140 valence electrons. The number of rotatable bonds is 2. The first kappa shape index (κ1) is 17.5. The highest BCUT2D eigenvalue weighted by molar-refractivity contribution is 5.91. The fourth-order valence-corrected chi connectivity index (χ4v) is 3.56. The molecule has 28 heavy (non-hydrogen) atoms. The van der Waals surface area contributed by atoms with Gasteiger partial charge < -0.3 is 24.7 Å². The summed E-state index contributed by atoms with van der Waals surface area (Å²) >= 11 is 0. The number of hydrogen-bond donors (Lipinski definition) is 2. The number of ether oxygens (including phenoxy) is 2. The van der Waals surface area contributed by atoms with Crippen LogP contribution in [0.15, 0.2) is 57.1 Å².